The van der Waals surface area contributed by atoms with Gasteiger partial charge in [-0.1, -0.05) is 70.0 Å². The Balaban J connectivity index is 1.01. The number of alkyl carbamates (subject to hydrolysis) is 1. The zero-order valence-corrected chi connectivity index (χ0v) is 49.2. The van der Waals surface area contributed by atoms with Crippen LogP contribution in [0, 0.1) is 12.8 Å². The van der Waals surface area contributed by atoms with E-state index in [2.05, 4.69) is 25.8 Å². The molecule has 436 valence electrons. The minimum absolute atomic E-state index is 0.00457. The number of allylic oxidation sites excluding steroid dienone is 3. The first kappa shape index (κ1) is 63.1. The fourth-order valence-corrected chi connectivity index (χ4v) is 11.9. The van der Waals surface area contributed by atoms with Gasteiger partial charge in [0.15, 0.2) is 5.72 Å². The number of hydrogen-bond acceptors (Lipinski definition) is 20. The Hall–Kier alpha value is -6.12. The summed E-state index contributed by atoms with van der Waals surface area (Å²) in [5.74, 6) is -4.02. The van der Waals surface area contributed by atoms with E-state index in [-0.39, 0.29) is 75.8 Å². The summed E-state index contributed by atoms with van der Waals surface area (Å²) in [6, 6.07) is 2.72. The lowest BCUT2D eigenvalue weighted by molar-refractivity contribution is -0.197. The molecule has 3 saturated heterocycles. The molecule has 0 spiro atoms. The number of epoxide rings is 1. The number of carbonyl (C=O) groups excluding carboxylic acids is 8. The molecular weight excluding hydrogens is 1100 g/mol. The Morgan fingerprint density at radius 3 is 2.45 bits per heavy atom. The number of amides is 6. The van der Waals surface area contributed by atoms with Crippen LogP contribution >= 0.6 is 33.2 Å². The van der Waals surface area contributed by atoms with E-state index in [1.54, 1.807) is 40.0 Å². The summed E-state index contributed by atoms with van der Waals surface area (Å²) < 4.78 is 28.8. The molecule has 1 aromatic carbocycles. The molecule has 23 nitrogen and oxygen atoms in total. The third-order valence-electron chi connectivity index (χ3n) is 14.1. The number of carbonyl (C=O) groups is 8. The van der Waals surface area contributed by atoms with Gasteiger partial charge in [0.2, 0.25) is 17.7 Å². The molecule has 0 aliphatic carbocycles. The number of anilines is 1. The molecule has 4 bridgehead atoms. The Labute approximate surface area is 477 Å². The van der Waals surface area contributed by atoms with Gasteiger partial charge in [0.05, 0.1) is 42.0 Å². The number of aromatic nitrogens is 2. The molecule has 8 atom stereocenters. The second-order valence-corrected chi connectivity index (χ2v) is 24.6. The molecule has 0 radical (unpaired) electrons. The summed E-state index contributed by atoms with van der Waals surface area (Å²) in [6.07, 6.45) is 3.89. The van der Waals surface area contributed by atoms with Crippen molar-refractivity contribution in [3.8, 4) is 6.01 Å². The van der Waals surface area contributed by atoms with Crippen molar-refractivity contribution in [1.29, 1.82) is 0 Å². The summed E-state index contributed by atoms with van der Waals surface area (Å²) in [7, 11) is 7.31. The number of aryl methyl sites for hydroxylation is 1. The predicted molar refractivity (Wildman–Crippen MR) is 297 cm³/mol. The minimum Gasteiger partial charge on any atom is -0.463 e. The first-order chi connectivity index (χ1) is 37.6. The quantitative estimate of drug-likeness (QED) is 0.0283. The number of nitrogens with zero attached hydrogens (tertiary/aromatic N) is 6. The van der Waals surface area contributed by atoms with Crippen LogP contribution in [0.1, 0.15) is 117 Å². The lowest BCUT2D eigenvalue weighted by atomic mass is 9.83. The molecule has 5 heterocycles. The monoisotopic (exact) mass is 1170 g/mol. The minimum atomic E-state index is -1.86. The number of hydrazone groups is 1. The molecule has 1 aromatic heterocycles. The largest absolute Gasteiger partial charge is 0.463 e. The normalized spacial score (nSPS) is 26.0. The number of aliphatic hydroxyl groups is 1. The Bertz CT molecular complexity index is 2770. The van der Waals surface area contributed by atoms with Gasteiger partial charge in [-0.3, -0.25) is 29.3 Å². The van der Waals surface area contributed by atoms with E-state index < -0.39 is 88.2 Å². The molecule has 80 heavy (non-hydrogen) atoms. The van der Waals surface area contributed by atoms with E-state index in [9.17, 15) is 43.5 Å². The molecular formula is C54H71ClN8O15S2. The first-order valence-corrected chi connectivity index (χ1v) is 28.8. The van der Waals surface area contributed by atoms with Crippen LogP contribution in [0.5, 0.6) is 6.01 Å². The molecule has 6 rings (SSSR count). The van der Waals surface area contributed by atoms with E-state index in [0.717, 1.165) is 16.7 Å². The van der Waals surface area contributed by atoms with Crippen molar-refractivity contribution in [3.05, 3.63) is 70.0 Å². The second-order valence-electron chi connectivity index (χ2n) is 21.1. The highest BCUT2D eigenvalue weighted by molar-refractivity contribution is 8.77. The Kier molecular flexibility index (Phi) is 21.4. The number of esters is 1. The van der Waals surface area contributed by atoms with Crippen LogP contribution in [0.25, 0.3) is 0 Å². The number of halogens is 1. The van der Waals surface area contributed by atoms with Gasteiger partial charge in [0.25, 0.3) is 11.8 Å². The van der Waals surface area contributed by atoms with Crippen molar-refractivity contribution in [2.45, 2.75) is 160 Å². The van der Waals surface area contributed by atoms with Crippen molar-refractivity contribution in [2.24, 2.45) is 11.0 Å². The highest BCUT2D eigenvalue weighted by Crippen LogP contribution is 2.49. The zero-order chi connectivity index (χ0) is 58.9. The van der Waals surface area contributed by atoms with Crippen molar-refractivity contribution in [2.75, 3.05) is 38.5 Å². The summed E-state index contributed by atoms with van der Waals surface area (Å²) in [6.45, 7) is 14.3. The number of fused-ring (bicyclic) bond motifs is 5. The highest BCUT2D eigenvalue weighted by atomic mass is 35.5. The van der Waals surface area contributed by atoms with Crippen molar-refractivity contribution < 1.29 is 72.0 Å². The number of rotatable bonds is 19. The van der Waals surface area contributed by atoms with Crippen LogP contribution in [0.3, 0.4) is 0 Å². The first-order valence-electron chi connectivity index (χ1n) is 26.1. The van der Waals surface area contributed by atoms with Crippen molar-refractivity contribution in [3.63, 3.8) is 0 Å². The number of methoxy groups -OCH3 is 1. The Morgan fingerprint density at radius 1 is 1.09 bits per heavy atom. The molecule has 6 amide bonds. The number of nitrogens with one attached hydrogen (secondary N) is 2. The van der Waals surface area contributed by atoms with E-state index in [4.69, 9.17) is 40.1 Å². The number of imide groups is 1. The van der Waals surface area contributed by atoms with E-state index >= 15 is 0 Å². The second kappa shape index (κ2) is 27.1. The molecule has 2 aromatic rings. The molecule has 4 aliphatic rings. The number of hydrogen-bond donors (Lipinski definition) is 3. The summed E-state index contributed by atoms with van der Waals surface area (Å²) in [4.78, 5) is 119. The lowest BCUT2D eigenvalue weighted by Gasteiger charge is -2.42. The van der Waals surface area contributed by atoms with Crippen LogP contribution in [0.2, 0.25) is 5.02 Å². The number of hydroxylamine groups is 2. The summed E-state index contributed by atoms with van der Waals surface area (Å²) in [5.41, 5.74) is 3.37. The average Bonchev–Trinajstić information content (AvgIpc) is 4.01. The zero-order valence-electron chi connectivity index (χ0n) is 46.8. The predicted octanol–water partition coefficient (Wildman–Crippen LogP) is 5.85. The molecule has 0 unspecified atom stereocenters. The van der Waals surface area contributed by atoms with Gasteiger partial charge < -0.3 is 43.4 Å². The van der Waals surface area contributed by atoms with Crippen LogP contribution in [-0.4, -0.2) is 158 Å². The standard InChI is InChI=1S/C54H71ClN8O15S2/c1-30-14-12-15-39(73-11)54(72)26-38(75-51(71)58-54)32(3)48-53(8,77-48)40(25-45(68)62(10)37-24-35(22-30)23-31(2)47(37)55)76-49(70)34(5)61(9)42(65)19-21-79-80-52(6,7)27-41(64)60-59-33(4)36-28-56-50(57-29-36)74-20-13-16-46(69)78-63-43(66)17-18-44(63)67/h12,14-15,23-24,28-29,32,34,38-40,48,72H,13,16-22,25-27H2,1-11H3,(H,58,71)(H,60,64)/b15-12+,30-14+,59-33+/t32-,34+,38+,39-,40+,48+,53+,54+/m1/s1. The van der Waals surface area contributed by atoms with Gasteiger partial charge in [0, 0.05) is 87.7 Å². The van der Waals surface area contributed by atoms with Crippen LogP contribution in [0.4, 0.5) is 10.5 Å². The maximum Gasteiger partial charge on any atom is 0.409 e. The summed E-state index contributed by atoms with van der Waals surface area (Å²) >= 11 is 6.84. The summed E-state index contributed by atoms with van der Waals surface area (Å²) in [5, 5.41) is 19.4. The molecule has 4 aliphatic heterocycles. The van der Waals surface area contributed by atoms with Crippen LogP contribution in [-0.2, 0) is 63.8 Å². The highest BCUT2D eigenvalue weighted by Gasteiger charge is 2.64. The number of likely N-dealkylation sites (N-methyl/N-ethyl adjacent to an activating group) is 1. The third kappa shape index (κ3) is 16.3. The van der Waals surface area contributed by atoms with Gasteiger partial charge in [-0.05, 0) is 78.5 Å². The van der Waals surface area contributed by atoms with Crippen molar-refractivity contribution >= 4 is 92.2 Å². The smallest absolute Gasteiger partial charge is 0.409 e. The molecule has 26 heteroatoms. The fourth-order valence-electron chi connectivity index (χ4n) is 9.19. The van der Waals surface area contributed by atoms with Crippen LogP contribution in [0.15, 0.2) is 53.4 Å². The van der Waals surface area contributed by atoms with E-state index in [1.165, 1.54) is 64.9 Å². The SMILES string of the molecule is CO[C@@H]1/C=C/C=C(\C)Cc2cc(C)c(Cl)c(c2)N(C)C(=O)C[C@H](OC(=O)[C@H](C)N(C)C(=O)CCSSC(C)(C)CC(=O)N/N=C(\C)c2cnc(OCCCC(=O)ON3C(=O)CCC3=O)nc2)[C@]2(C)O[C@H]2[C@H](C)[C@@H]2C[C@@]1(O)NC(=O)O2. The van der Waals surface area contributed by atoms with Gasteiger partial charge in [-0.2, -0.15) is 5.10 Å². The third-order valence-corrected chi connectivity index (χ3v) is 17.9. The van der Waals surface area contributed by atoms with Gasteiger partial charge in [-0.25, -0.2) is 29.8 Å². The average molecular weight is 1170 g/mol. The lowest BCUT2D eigenvalue weighted by Crippen LogP contribution is -2.63. The maximum atomic E-state index is 14.3. The van der Waals surface area contributed by atoms with Gasteiger partial charge >= 0.3 is 24.0 Å². The van der Waals surface area contributed by atoms with E-state index in [0.29, 0.717) is 39.2 Å². The van der Waals surface area contributed by atoms with E-state index in [1.807, 2.05) is 45.9 Å². The molecule has 3 fully saturated rings. The molecule has 3 N–H and O–H groups in total. The molecule has 0 saturated carbocycles. The van der Waals surface area contributed by atoms with Crippen LogP contribution < -0.4 is 20.4 Å². The number of benzene rings is 1. The number of ether oxygens (including phenoxy) is 5. The topological polar surface area (TPSA) is 287 Å². The van der Waals surface area contributed by atoms with Crippen molar-refractivity contribution in [1.82, 2.24) is 30.7 Å². The maximum absolute atomic E-state index is 14.3. The van der Waals surface area contributed by atoms with Gasteiger partial charge in [-0.15, -0.1) is 5.06 Å². The van der Waals surface area contributed by atoms with Gasteiger partial charge in [0.1, 0.15) is 30.0 Å². The fraction of sp³-hybridized carbons (Fsp3) is 0.574. The Morgan fingerprint density at radius 2 is 1.77 bits per heavy atom.